The lowest BCUT2D eigenvalue weighted by molar-refractivity contribution is 0.127. The summed E-state index contributed by atoms with van der Waals surface area (Å²) in [5.41, 5.74) is 6.35. The zero-order valence-electron chi connectivity index (χ0n) is 11.2. The Labute approximate surface area is 100 Å². The van der Waals surface area contributed by atoms with Gasteiger partial charge in [-0.25, -0.2) is 0 Å². The summed E-state index contributed by atoms with van der Waals surface area (Å²) in [4.78, 5) is 2.43. The number of aliphatic hydroxyl groups excluding tert-OH is 1. The quantitative estimate of drug-likeness (QED) is 0.766. The van der Waals surface area contributed by atoms with E-state index >= 15 is 0 Å². The average molecular weight is 228 g/mol. The minimum atomic E-state index is -0.165. The Morgan fingerprint density at radius 1 is 1.44 bits per heavy atom. The molecule has 3 heteroatoms. The fourth-order valence-electron chi connectivity index (χ4n) is 2.21. The van der Waals surface area contributed by atoms with Gasteiger partial charge in [0.2, 0.25) is 0 Å². The molecule has 0 aliphatic carbocycles. The van der Waals surface area contributed by atoms with Crippen LogP contribution < -0.4 is 5.73 Å². The first-order valence-corrected chi connectivity index (χ1v) is 6.46. The molecule has 96 valence electrons. The monoisotopic (exact) mass is 228 g/mol. The molecule has 0 amide bonds. The van der Waals surface area contributed by atoms with Crippen LogP contribution in [0, 0.1) is 11.3 Å². The summed E-state index contributed by atoms with van der Waals surface area (Å²) in [6, 6.07) is 0.262. The van der Waals surface area contributed by atoms with E-state index in [-0.39, 0.29) is 17.6 Å². The number of rotatable bonds is 4. The molecule has 1 heterocycles. The van der Waals surface area contributed by atoms with E-state index in [0.717, 1.165) is 32.5 Å². The molecular formula is C13H28N2O. The first-order chi connectivity index (χ1) is 7.30. The van der Waals surface area contributed by atoms with Gasteiger partial charge in [-0.2, -0.15) is 0 Å². The van der Waals surface area contributed by atoms with Crippen LogP contribution in [0.15, 0.2) is 0 Å². The van der Waals surface area contributed by atoms with Crippen molar-refractivity contribution >= 4 is 0 Å². The molecule has 0 aromatic rings. The smallest absolute Gasteiger partial charge is 0.0552 e. The van der Waals surface area contributed by atoms with Gasteiger partial charge in [-0.3, -0.25) is 0 Å². The van der Waals surface area contributed by atoms with Gasteiger partial charge >= 0.3 is 0 Å². The van der Waals surface area contributed by atoms with E-state index < -0.39 is 0 Å². The Kier molecular flexibility index (Phi) is 4.77. The second kappa shape index (κ2) is 5.48. The highest BCUT2D eigenvalue weighted by molar-refractivity contribution is 4.82. The molecule has 1 aliphatic heterocycles. The number of likely N-dealkylation sites (tertiary alicyclic amines) is 1. The Morgan fingerprint density at radius 2 is 2.06 bits per heavy atom. The Bertz CT molecular complexity index is 210. The molecule has 0 radical (unpaired) electrons. The van der Waals surface area contributed by atoms with Gasteiger partial charge in [0, 0.05) is 12.6 Å². The van der Waals surface area contributed by atoms with Crippen molar-refractivity contribution in [3.05, 3.63) is 0 Å². The zero-order chi connectivity index (χ0) is 12.3. The molecule has 1 saturated heterocycles. The van der Waals surface area contributed by atoms with Gasteiger partial charge in [0.05, 0.1) is 6.10 Å². The molecular weight excluding hydrogens is 200 g/mol. The lowest BCUT2D eigenvalue weighted by Gasteiger charge is -2.28. The van der Waals surface area contributed by atoms with Crippen molar-refractivity contribution in [1.29, 1.82) is 0 Å². The normalized spacial score (nSPS) is 27.0. The maximum atomic E-state index is 9.53. The van der Waals surface area contributed by atoms with Gasteiger partial charge in [0.1, 0.15) is 0 Å². The van der Waals surface area contributed by atoms with Gasteiger partial charge in [-0.05, 0) is 44.2 Å². The highest BCUT2D eigenvalue weighted by atomic mass is 16.3. The number of nitrogens with zero attached hydrogens (tertiary/aromatic N) is 1. The topological polar surface area (TPSA) is 49.5 Å². The van der Waals surface area contributed by atoms with Crippen LogP contribution in [0.5, 0.6) is 0 Å². The summed E-state index contributed by atoms with van der Waals surface area (Å²) in [6.07, 6.45) is 2.01. The van der Waals surface area contributed by atoms with Crippen LogP contribution in [0.2, 0.25) is 0 Å². The molecule has 0 aromatic heterocycles. The van der Waals surface area contributed by atoms with E-state index in [1.165, 1.54) is 0 Å². The van der Waals surface area contributed by atoms with Gasteiger partial charge in [0.15, 0.2) is 0 Å². The Hall–Kier alpha value is -0.120. The third-order valence-electron chi connectivity index (χ3n) is 3.86. The number of nitrogens with two attached hydrogens (primary N) is 1. The van der Waals surface area contributed by atoms with Gasteiger partial charge in [-0.1, -0.05) is 20.8 Å². The second-order valence-corrected chi connectivity index (χ2v) is 6.35. The molecule has 1 fully saturated rings. The predicted octanol–water partition coefficient (Wildman–Crippen LogP) is 1.45. The Balaban J connectivity index is 2.25. The molecule has 3 N–H and O–H groups in total. The predicted molar refractivity (Wildman–Crippen MR) is 68.3 cm³/mol. The molecule has 1 rings (SSSR count). The fraction of sp³-hybridized carbons (Fsp3) is 1.00. The lowest BCUT2D eigenvalue weighted by atomic mass is 9.85. The largest absolute Gasteiger partial charge is 0.393 e. The van der Waals surface area contributed by atoms with Crippen molar-refractivity contribution in [2.24, 2.45) is 17.1 Å². The third-order valence-corrected chi connectivity index (χ3v) is 3.86. The first kappa shape index (κ1) is 13.9. The molecule has 3 atom stereocenters. The van der Waals surface area contributed by atoms with E-state index in [1.807, 2.05) is 6.92 Å². The van der Waals surface area contributed by atoms with Crippen LogP contribution in [0.4, 0.5) is 0 Å². The highest BCUT2D eigenvalue weighted by Gasteiger charge is 2.27. The highest BCUT2D eigenvalue weighted by Crippen LogP contribution is 2.23. The lowest BCUT2D eigenvalue weighted by Crippen LogP contribution is -2.38. The summed E-state index contributed by atoms with van der Waals surface area (Å²) < 4.78 is 0. The summed E-state index contributed by atoms with van der Waals surface area (Å²) in [6.45, 7) is 11.7. The van der Waals surface area contributed by atoms with E-state index in [2.05, 4.69) is 25.7 Å². The molecule has 16 heavy (non-hydrogen) atoms. The minimum Gasteiger partial charge on any atom is -0.393 e. The molecule has 0 spiro atoms. The minimum absolute atomic E-state index is 0.165. The van der Waals surface area contributed by atoms with Crippen molar-refractivity contribution < 1.29 is 5.11 Å². The molecule has 1 aliphatic rings. The molecule has 3 unspecified atom stereocenters. The average Bonchev–Trinajstić information content (AvgIpc) is 2.60. The van der Waals surface area contributed by atoms with Gasteiger partial charge in [-0.15, -0.1) is 0 Å². The van der Waals surface area contributed by atoms with Crippen LogP contribution in [-0.4, -0.2) is 41.8 Å². The standard InChI is InChI=1S/C13H28N2O/c1-10(16)11-5-7-15(9-11)8-6-12(14)13(2,3)4/h10-12,16H,5-9,14H2,1-4H3. The third kappa shape index (κ3) is 4.04. The van der Waals surface area contributed by atoms with Crippen LogP contribution in [0.3, 0.4) is 0 Å². The van der Waals surface area contributed by atoms with Crippen molar-refractivity contribution in [2.45, 2.75) is 52.7 Å². The maximum absolute atomic E-state index is 9.53. The van der Waals surface area contributed by atoms with Crippen molar-refractivity contribution in [3.63, 3.8) is 0 Å². The van der Waals surface area contributed by atoms with Crippen molar-refractivity contribution in [2.75, 3.05) is 19.6 Å². The van der Waals surface area contributed by atoms with E-state index in [4.69, 9.17) is 5.73 Å². The molecule has 0 aromatic carbocycles. The number of aliphatic hydroxyl groups is 1. The van der Waals surface area contributed by atoms with Crippen LogP contribution in [0.25, 0.3) is 0 Å². The van der Waals surface area contributed by atoms with E-state index in [0.29, 0.717) is 5.92 Å². The first-order valence-electron chi connectivity index (χ1n) is 6.46. The van der Waals surface area contributed by atoms with Gasteiger partial charge < -0.3 is 15.7 Å². The molecule has 0 bridgehead atoms. The van der Waals surface area contributed by atoms with Crippen LogP contribution >= 0.6 is 0 Å². The molecule has 0 saturated carbocycles. The fourth-order valence-corrected chi connectivity index (χ4v) is 2.21. The van der Waals surface area contributed by atoms with Crippen LogP contribution in [-0.2, 0) is 0 Å². The van der Waals surface area contributed by atoms with Crippen molar-refractivity contribution in [3.8, 4) is 0 Å². The second-order valence-electron chi connectivity index (χ2n) is 6.35. The van der Waals surface area contributed by atoms with E-state index in [9.17, 15) is 5.11 Å². The maximum Gasteiger partial charge on any atom is 0.0552 e. The SMILES string of the molecule is CC(O)C1CCN(CCC(N)C(C)(C)C)C1. The summed E-state index contributed by atoms with van der Waals surface area (Å²) in [7, 11) is 0. The number of hydrogen-bond acceptors (Lipinski definition) is 3. The Morgan fingerprint density at radius 3 is 2.50 bits per heavy atom. The summed E-state index contributed by atoms with van der Waals surface area (Å²) >= 11 is 0. The molecule has 3 nitrogen and oxygen atoms in total. The summed E-state index contributed by atoms with van der Waals surface area (Å²) in [5, 5.41) is 9.53. The summed E-state index contributed by atoms with van der Waals surface area (Å²) in [5.74, 6) is 0.464. The van der Waals surface area contributed by atoms with E-state index in [1.54, 1.807) is 0 Å². The van der Waals surface area contributed by atoms with Crippen LogP contribution in [0.1, 0.15) is 40.5 Å². The number of hydrogen-bond donors (Lipinski definition) is 2. The van der Waals surface area contributed by atoms with Crippen molar-refractivity contribution in [1.82, 2.24) is 4.90 Å². The van der Waals surface area contributed by atoms with Gasteiger partial charge in [0.25, 0.3) is 0 Å². The zero-order valence-corrected chi connectivity index (χ0v) is 11.2.